The second-order valence-corrected chi connectivity index (χ2v) is 12.2. The van der Waals surface area contributed by atoms with Crippen LogP contribution in [0.15, 0.2) is 60.7 Å². The van der Waals surface area contributed by atoms with Gasteiger partial charge >= 0.3 is 19.1 Å². The Labute approximate surface area is 247 Å². The molecule has 0 bridgehead atoms. The van der Waals surface area contributed by atoms with Crippen molar-refractivity contribution in [2.45, 2.75) is 26.9 Å². The molecule has 0 unspecified atom stereocenters. The molecular formula is C30H35BN2O8S. The second-order valence-electron chi connectivity index (χ2n) is 10.3. The van der Waals surface area contributed by atoms with Crippen LogP contribution in [0.25, 0.3) is 11.1 Å². The number of nitrogens with one attached hydrogen (secondary N) is 1. The number of sulfonamides is 1. The van der Waals surface area contributed by atoms with E-state index in [0.29, 0.717) is 37.4 Å². The Balaban J connectivity index is 1.36. The van der Waals surface area contributed by atoms with Crippen LogP contribution in [-0.4, -0.2) is 71.9 Å². The van der Waals surface area contributed by atoms with Gasteiger partial charge in [0, 0.05) is 12.0 Å². The van der Waals surface area contributed by atoms with E-state index < -0.39 is 29.1 Å². The van der Waals surface area contributed by atoms with Gasteiger partial charge in [0.15, 0.2) is 0 Å². The third kappa shape index (κ3) is 9.07. The first-order valence-electron chi connectivity index (χ1n) is 13.5. The molecule has 0 amide bonds. The van der Waals surface area contributed by atoms with Crippen molar-refractivity contribution >= 4 is 34.5 Å². The van der Waals surface area contributed by atoms with Crippen LogP contribution in [0, 0.1) is 13.8 Å². The maximum absolute atomic E-state index is 12.0. The molecule has 222 valence electrons. The van der Waals surface area contributed by atoms with E-state index in [0.717, 1.165) is 39.8 Å². The molecule has 3 aromatic rings. The number of hydrogen-bond acceptors (Lipinski definition) is 9. The van der Waals surface area contributed by atoms with Gasteiger partial charge in [-0.3, -0.25) is 14.5 Å². The molecule has 42 heavy (non-hydrogen) atoms. The number of likely N-dealkylation sites (N-methyl/N-ethyl adjacent to an activating group) is 1. The van der Waals surface area contributed by atoms with Gasteiger partial charge in [-0.05, 0) is 85.5 Å². The Bertz CT molecular complexity index is 1490. The minimum atomic E-state index is -3.20. The summed E-state index contributed by atoms with van der Waals surface area (Å²) in [6.07, 6.45) is 1.70. The summed E-state index contributed by atoms with van der Waals surface area (Å²) in [4.78, 5) is 25.6. The van der Waals surface area contributed by atoms with E-state index >= 15 is 0 Å². The molecule has 0 radical (unpaired) electrons. The first-order valence-corrected chi connectivity index (χ1v) is 15.4. The minimum Gasteiger partial charge on any atom is -0.494 e. The van der Waals surface area contributed by atoms with Gasteiger partial charge in [0.05, 0.1) is 26.0 Å². The van der Waals surface area contributed by atoms with Crippen LogP contribution >= 0.6 is 0 Å². The summed E-state index contributed by atoms with van der Waals surface area (Å²) in [7, 11) is -2.65. The van der Waals surface area contributed by atoms with Gasteiger partial charge in [-0.25, -0.2) is 13.1 Å². The molecule has 1 aliphatic rings. The van der Waals surface area contributed by atoms with E-state index in [-0.39, 0.29) is 13.1 Å². The van der Waals surface area contributed by atoms with Crippen molar-refractivity contribution in [3.63, 3.8) is 0 Å². The molecule has 0 saturated carbocycles. The van der Waals surface area contributed by atoms with Crippen molar-refractivity contribution in [2.75, 3.05) is 39.5 Å². The molecule has 0 aromatic heterocycles. The highest BCUT2D eigenvalue weighted by Crippen LogP contribution is 2.32. The summed E-state index contributed by atoms with van der Waals surface area (Å²) in [5.74, 6) is 0.421. The quantitative estimate of drug-likeness (QED) is 0.264. The lowest BCUT2D eigenvalue weighted by molar-refractivity contribution is -0.145. The van der Waals surface area contributed by atoms with Gasteiger partial charge in [0.1, 0.15) is 18.1 Å². The molecule has 1 N–H and O–H groups in total. The lowest BCUT2D eigenvalue weighted by Crippen LogP contribution is -2.47. The van der Waals surface area contributed by atoms with Gasteiger partial charge in [-0.15, -0.1) is 0 Å². The van der Waals surface area contributed by atoms with Gasteiger partial charge in [-0.1, -0.05) is 30.3 Å². The maximum atomic E-state index is 12.0. The summed E-state index contributed by atoms with van der Waals surface area (Å²) >= 11 is 0. The van der Waals surface area contributed by atoms with Crippen LogP contribution in [0.1, 0.15) is 23.1 Å². The van der Waals surface area contributed by atoms with E-state index in [9.17, 15) is 18.0 Å². The van der Waals surface area contributed by atoms with Crippen LogP contribution in [0.3, 0.4) is 0 Å². The van der Waals surface area contributed by atoms with E-state index in [2.05, 4.69) is 16.9 Å². The molecule has 1 fully saturated rings. The highest BCUT2D eigenvalue weighted by atomic mass is 32.2. The van der Waals surface area contributed by atoms with Crippen molar-refractivity contribution < 1.29 is 36.8 Å². The Morgan fingerprint density at radius 3 is 2.17 bits per heavy atom. The summed E-state index contributed by atoms with van der Waals surface area (Å²) in [5, 5.41) is 0. The van der Waals surface area contributed by atoms with Crippen molar-refractivity contribution in [2.24, 2.45) is 0 Å². The molecular weight excluding hydrogens is 559 g/mol. The van der Waals surface area contributed by atoms with E-state index in [1.807, 2.05) is 38.1 Å². The van der Waals surface area contributed by atoms with Crippen LogP contribution in [0.2, 0.25) is 0 Å². The summed E-state index contributed by atoms with van der Waals surface area (Å²) in [6.45, 7) is 5.17. The minimum absolute atomic E-state index is 0.00966. The predicted octanol–water partition coefficient (Wildman–Crippen LogP) is 2.59. The SMILES string of the molecule is Cc1cc(OCCCNS(C)(=O)=O)cc(C)c1-c1cccc(COc2ccc(B3OC(=O)CN(C)CC(=O)O3)cc2)c1. The molecule has 0 atom stereocenters. The Kier molecular flexibility index (Phi) is 10.3. The monoisotopic (exact) mass is 594 g/mol. The normalized spacial score (nSPS) is 14.5. The van der Waals surface area contributed by atoms with Crippen LogP contribution in [0.4, 0.5) is 0 Å². The zero-order valence-corrected chi connectivity index (χ0v) is 25.0. The average molecular weight is 594 g/mol. The van der Waals surface area contributed by atoms with Gasteiger partial charge in [0.25, 0.3) is 0 Å². The van der Waals surface area contributed by atoms with Crippen LogP contribution in [0.5, 0.6) is 11.5 Å². The van der Waals surface area contributed by atoms with E-state index in [1.165, 1.54) is 4.90 Å². The third-order valence-electron chi connectivity index (χ3n) is 6.51. The van der Waals surface area contributed by atoms with Gasteiger partial charge < -0.3 is 18.8 Å². The van der Waals surface area contributed by atoms with E-state index in [4.69, 9.17) is 18.8 Å². The summed E-state index contributed by atoms with van der Waals surface area (Å²) < 4.78 is 47.3. The number of ether oxygens (including phenoxy) is 2. The first-order chi connectivity index (χ1) is 20.0. The molecule has 0 spiro atoms. The Morgan fingerprint density at radius 1 is 0.905 bits per heavy atom. The third-order valence-corrected chi connectivity index (χ3v) is 7.24. The van der Waals surface area contributed by atoms with Crippen molar-refractivity contribution in [3.05, 3.63) is 77.4 Å². The molecule has 0 aliphatic carbocycles. The molecule has 10 nitrogen and oxygen atoms in total. The fourth-order valence-electron chi connectivity index (χ4n) is 4.66. The van der Waals surface area contributed by atoms with Crippen molar-refractivity contribution in [1.29, 1.82) is 0 Å². The van der Waals surface area contributed by atoms with Gasteiger partial charge in [0.2, 0.25) is 10.0 Å². The first kappa shape index (κ1) is 31.1. The average Bonchev–Trinajstić information content (AvgIpc) is 2.90. The number of aryl methyl sites for hydroxylation is 2. The number of rotatable bonds is 11. The smallest absolute Gasteiger partial charge is 0.494 e. The van der Waals surface area contributed by atoms with E-state index in [1.54, 1.807) is 31.3 Å². The molecule has 1 heterocycles. The van der Waals surface area contributed by atoms with Crippen LogP contribution in [-0.2, 0) is 35.5 Å². The zero-order valence-electron chi connectivity index (χ0n) is 24.2. The maximum Gasteiger partial charge on any atom is 0.636 e. The molecule has 3 aromatic carbocycles. The highest BCUT2D eigenvalue weighted by Gasteiger charge is 2.33. The number of benzene rings is 3. The lowest BCUT2D eigenvalue weighted by atomic mass is 9.78. The predicted molar refractivity (Wildman–Crippen MR) is 160 cm³/mol. The summed E-state index contributed by atoms with van der Waals surface area (Å²) in [6, 6.07) is 19.0. The molecule has 1 aliphatic heterocycles. The number of carbonyl (C=O) groups is 2. The Hall–Kier alpha value is -3.87. The summed E-state index contributed by atoms with van der Waals surface area (Å²) in [5.41, 5.74) is 5.83. The fourth-order valence-corrected chi connectivity index (χ4v) is 5.17. The standard InChI is InChI=1S/C30H35BN2O8S/c1-21-15-27(38-14-6-13-32-42(4,36)37)16-22(2)30(21)24-8-5-7-23(17-24)20-39-26-11-9-25(10-12-26)31-40-28(34)18-33(3)19-29(35)41-31/h5,7-12,15-17,32H,6,13-14,18-20H2,1-4H3. The zero-order chi connectivity index (χ0) is 30.3. The highest BCUT2D eigenvalue weighted by molar-refractivity contribution is 7.88. The largest absolute Gasteiger partial charge is 0.636 e. The number of hydrogen-bond donors (Lipinski definition) is 1. The Morgan fingerprint density at radius 2 is 1.55 bits per heavy atom. The van der Waals surface area contributed by atoms with Crippen LogP contribution < -0.4 is 19.7 Å². The molecule has 12 heteroatoms. The van der Waals surface area contributed by atoms with Gasteiger partial charge in [-0.2, -0.15) is 0 Å². The molecule has 1 saturated heterocycles. The number of carbonyl (C=O) groups excluding carboxylic acids is 2. The van der Waals surface area contributed by atoms with Crippen molar-refractivity contribution in [1.82, 2.24) is 9.62 Å². The molecule has 4 rings (SSSR count). The topological polar surface area (TPSA) is 120 Å². The number of nitrogens with zero attached hydrogens (tertiary/aromatic N) is 1. The lowest BCUT2D eigenvalue weighted by Gasteiger charge is -2.22. The second kappa shape index (κ2) is 13.9. The van der Waals surface area contributed by atoms with Crippen molar-refractivity contribution in [3.8, 4) is 22.6 Å². The fraction of sp³-hybridized carbons (Fsp3) is 0.333.